The van der Waals surface area contributed by atoms with Gasteiger partial charge in [-0.3, -0.25) is 0 Å². The second kappa shape index (κ2) is 12.4. The summed E-state index contributed by atoms with van der Waals surface area (Å²) in [5.74, 6) is 0.751. The molecule has 0 aliphatic heterocycles. The fourth-order valence-electron chi connectivity index (χ4n) is 2.47. The molecule has 2 atom stereocenters. The summed E-state index contributed by atoms with van der Waals surface area (Å²) in [5, 5.41) is 10.0. The maximum absolute atomic E-state index is 10.0. The van der Waals surface area contributed by atoms with Gasteiger partial charge in [0.25, 0.3) is 0 Å². The van der Waals surface area contributed by atoms with Gasteiger partial charge >= 0.3 is 0 Å². The molecular formula is C16H34O. The van der Waals surface area contributed by atoms with E-state index in [1.165, 1.54) is 57.8 Å². The van der Waals surface area contributed by atoms with E-state index >= 15 is 0 Å². The van der Waals surface area contributed by atoms with Gasteiger partial charge in [0.2, 0.25) is 0 Å². The lowest BCUT2D eigenvalue weighted by molar-refractivity contribution is 0.125. The summed E-state index contributed by atoms with van der Waals surface area (Å²) in [6.07, 6.45) is 13.7. The highest BCUT2D eigenvalue weighted by Gasteiger charge is 2.12. The van der Waals surface area contributed by atoms with Crippen molar-refractivity contribution in [2.75, 3.05) is 0 Å². The van der Waals surface area contributed by atoms with Crippen LogP contribution in [0, 0.1) is 5.92 Å². The second-order valence-corrected chi connectivity index (χ2v) is 5.51. The Labute approximate surface area is 109 Å². The van der Waals surface area contributed by atoms with E-state index in [9.17, 15) is 5.11 Å². The summed E-state index contributed by atoms with van der Waals surface area (Å²) in [6, 6.07) is 0. The van der Waals surface area contributed by atoms with Gasteiger partial charge in [-0.05, 0) is 18.8 Å². The third kappa shape index (κ3) is 10.8. The van der Waals surface area contributed by atoms with Crippen LogP contribution in [-0.4, -0.2) is 11.2 Å². The molecule has 0 amide bonds. The van der Waals surface area contributed by atoms with Crippen LogP contribution in [0.25, 0.3) is 0 Å². The molecule has 0 spiro atoms. The number of unbranched alkanes of at least 4 members (excludes halogenated alkanes) is 5. The van der Waals surface area contributed by atoms with Crippen LogP contribution in [0.4, 0.5) is 0 Å². The normalized spacial score (nSPS) is 14.8. The molecule has 0 fully saturated rings. The van der Waals surface area contributed by atoms with Gasteiger partial charge in [-0.15, -0.1) is 0 Å². The average molecular weight is 242 g/mol. The smallest absolute Gasteiger partial charge is 0.0542 e. The van der Waals surface area contributed by atoms with Crippen LogP contribution in [0.5, 0.6) is 0 Å². The predicted octanol–water partition coefficient (Wildman–Crippen LogP) is 5.31. The molecule has 0 radical (unpaired) electrons. The van der Waals surface area contributed by atoms with Gasteiger partial charge in [0, 0.05) is 0 Å². The molecule has 1 heteroatoms. The third-order valence-electron chi connectivity index (χ3n) is 3.79. The molecule has 1 nitrogen and oxygen atoms in total. The van der Waals surface area contributed by atoms with Gasteiger partial charge in [0.1, 0.15) is 0 Å². The van der Waals surface area contributed by atoms with Gasteiger partial charge in [-0.2, -0.15) is 0 Å². The molecule has 0 rings (SSSR count). The van der Waals surface area contributed by atoms with E-state index in [-0.39, 0.29) is 6.10 Å². The molecule has 0 saturated carbocycles. The third-order valence-corrected chi connectivity index (χ3v) is 3.79. The van der Waals surface area contributed by atoms with Crippen molar-refractivity contribution in [1.29, 1.82) is 0 Å². The molecular weight excluding hydrogens is 208 g/mol. The van der Waals surface area contributed by atoms with E-state index in [0.717, 1.165) is 18.8 Å². The van der Waals surface area contributed by atoms with E-state index in [2.05, 4.69) is 20.8 Å². The van der Waals surface area contributed by atoms with Gasteiger partial charge in [0.15, 0.2) is 0 Å². The molecule has 0 aliphatic carbocycles. The van der Waals surface area contributed by atoms with Crippen LogP contribution in [0.15, 0.2) is 0 Å². The molecule has 0 aromatic rings. The topological polar surface area (TPSA) is 20.2 Å². The molecule has 0 heterocycles. The van der Waals surface area contributed by atoms with Crippen molar-refractivity contribution in [1.82, 2.24) is 0 Å². The minimum atomic E-state index is -0.0431. The average Bonchev–Trinajstić information content (AvgIpc) is 2.34. The number of hydrogen-bond acceptors (Lipinski definition) is 1. The van der Waals surface area contributed by atoms with Crippen molar-refractivity contribution < 1.29 is 5.11 Å². The molecule has 0 bridgehead atoms. The van der Waals surface area contributed by atoms with Crippen LogP contribution < -0.4 is 0 Å². The van der Waals surface area contributed by atoms with Crippen molar-refractivity contribution in [3.05, 3.63) is 0 Å². The molecule has 0 aliphatic rings. The quantitative estimate of drug-likeness (QED) is 0.460. The highest BCUT2D eigenvalue weighted by Crippen LogP contribution is 2.21. The number of aliphatic hydroxyl groups excluding tert-OH is 1. The molecule has 0 aromatic carbocycles. The first-order chi connectivity index (χ1) is 8.24. The maximum Gasteiger partial charge on any atom is 0.0542 e. The lowest BCUT2D eigenvalue weighted by atomic mass is 9.91. The SMILES string of the molecule is CCCCCCCC(O)CC(CC)CCCC. The first-order valence-electron chi connectivity index (χ1n) is 7.92. The van der Waals surface area contributed by atoms with E-state index in [0.29, 0.717) is 0 Å². The molecule has 0 aromatic heterocycles. The Morgan fingerprint density at radius 2 is 1.41 bits per heavy atom. The van der Waals surface area contributed by atoms with Crippen LogP contribution in [0.1, 0.15) is 91.4 Å². The maximum atomic E-state index is 10.0. The fourth-order valence-corrected chi connectivity index (χ4v) is 2.47. The Morgan fingerprint density at radius 1 is 0.765 bits per heavy atom. The summed E-state index contributed by atoms with van der Waals surface area (Å²) in [7, 11) is 0. The minimum Gasteiger partial charge on any atom is -0.393 e. The molecule has 17 heavy (non-hydrogen) atoms. The fraction of sp³-hybridized carbons (Fsp3) is 1.00. The van der Waals surface area contributed by atoms with Crippen LogP contribution in [-0.2, 0) is 0 Å². The van der Waals surface area contributed by atoms with E-state index in [1.54, 1.807) is 0 Å². The zero-order chi connectivity index (χ0) is 12.9. The first kappa shape index (κ1) is 17.0. The van der Waals surface area contributed by atoms with Gasteiger partial charge in [-0.25, -0.2) is 0 Å². The molecule has 104 valence electrons. The predicted molar refractivity (Wildman–Crippen MR) is 77.3 cm³/mol. The van der Waals surface area contributed by atoms with E-state index in [4.69, 9.17) is 0 Å². The highest BCUT2D eigenvalue weighted by atomic mass is 16.3. The Hall–Kier alpha value is -0.0400. The summed E-state index contributed by atoms with van der Waals surface area (Å²) in [4.78, 5) is 0. The Morgan fingerprint density at radius 3 is 2.00 bits per heavy atom. The number of hydrogen-bond donors (Lipinski definition) is 1. The summed E-state index contributed by atoms with van der Waals surface area (Å²) in [5.41, 5.74) is 0. The van der Waals surface area contributed by atoms with Crippen molar-refractivity contribution in [3.63, 3.8) is 0 Å². The second-order valence-electron chi connectivity index (χ2n) is 5.51. The van der Waals surface area contributed by atoms with Crippen LogP contribution >= 0.6 is 0 Å². The first-order valence-corrected chi connectivity index (χ1v) is 7.92. The largest absolute Gasteiger partial charge is 0.393 e. The molecule has 1 N–H and O–H groups in total. The van der Waals surface area contributed by atoms with Crippen molar-refractivity contribution in [3.8, 4) is 0 Å². The van der Waals surface area contributed by atoms with Gasteiger partial charge in [0.05, 0.1) is 6.10 Å². The summed E-state index contributed by atoms with van der Waals surface area (Å²) < 4.78 is 0. The Balaban J connectivity index is 3.49. The van der Waals surface area contributed by atoms with Crippen molar-refractivity contribution in [2.45, 2.75) is 97.5 Å². The summed E-state index contributed by atoms with van der Waals surface area (Å²) >= 11 is 0. The van der Waals surface area contributed by atoms with Gasteiger partial charge in [-0.1, -0.05) is 78.6 Å². The van der Waals surface area contributed by atoms with Gasteiger partial charge < -0.3 is 5.11 Å². The summed E-state index contributed by atoms with van der Waals surface area (Å²) in [6.45, 7) is 6.75. The Kier molecular flexibility index (Phi) is 12.4. The molecule has 0 saturated heterocycles. The van der Waals surface area contributed by atoms with Crippen LogP contribution in [0.2, 0.25) is 0 Å². The van der Waals surface area contributed by atoms with E-state index in [1.807, 2.05) is 0 Å². The lowest BCUT2D eigenvalue weighted by Crippen LogP contribution is -2.13. The zero-order valence-corrected chi connectivity index (χ0v) is 12.4. The Bertz CT molecular complexity index is 144. The minimum absolute atomic E-state index is 0.0431. The molecule has 2 unspecified atom stereocenters. The lowest BCUT2D eigenvalue weighted by Gasteiger charge is -2.18. The monoisotopic (exact) mass is 242 g/mol. The van der Waals surface area contributed by atoms with Crippen molar-refractivity contribution in [2.24, 2.45) is 5.92 Å². The highest BCUT2D eigenvalue weighted by molar-refractivity contribution is 4.64. The standard InChI is InChI=1S/C16H34O/c1-4-7-9-10-11-13-16(17)14-15(6-3)12-8-5-2/h15-17H,4-14H2,1-3H3. The van der Waals surface area contributed by atoms with E-state index < -0.39 is 0 Å². The number of rotatable bonds is 12. The zero-order valence-electron chi connectivity index (χ0n) is 12.4. The number of aliphatic hydroxyl groups is 1. The van der Waals surface area contributed by atoms with Crippen LogP contribution in [0.3, 0.4) is 0 Å². The van der Waals surface area contributed by atoms with Crippen molar-refractivity contribution >= 4 is 0 Å².